The van der Waals surface area contributed by atoms with Gasteiger partial charge in [-0.2, -0.15) is 0 Å². The highest BCUT2D eigenvalue weighted by atomic mass is 32.2. The van der Waals surface area contributed by atoms with Gasteiger partial charge in [0.15, 0.2) is 11.0 Å². The zero-order chi connectivity index (χ0) is 15.2. The van der Waals surface area contributed by atoms with E-state index in [9.17, 15) is 4.79 Å². The Morgan fingerprint density at radius 1 is 1.38 bits per heavy atom. The Morgan fingerprint density at radius 3 is 2.86 bits per heavy atom. The number of hydrogen-bond donors (Lipinski definition) is 1. The molecule has 1 aromatic carbocycles. The van der Waals surface area contributed by atoms with Crippen LogP contribution in [0.25, 0.3) is 11.4 Å². The average Bonchev–Trinajstić information content (AvgIpc) is 2.86. The molecule has 2 aromatic rings. The highest BCUT2D eigenvalue weighted by Gasteiger charge is 2.15. The largest absolute Gasteiger partial charge is 0.496 e. The minimum atomic E-state index is -0.00987. The fourth-order valence-corrected chi connectivity index (χ4v) is 2.62. The van der Waals surface area contributed by atoms with Gasteiger partial charge in [0.25, 0.3) is 0 Å². The van der Waals surface area contributed by atoms with Crippen molar-refractivity contribution in [2.75, 3.05) is 19.4 Å². The summed E-state index contributed by atoms with van der Waals surface area (Å²) in [5.41, 5.74) is 0.875. The van der Waals surface area contributed by atoms with E-state index in [1.165, 1.54) is 11.8 Å². The van der Waals surface area contributed by atoms with Crippen molar-refractivity contribution in [3.05, 3.63) is 24.3 Å². The molecule has 112 valence electrons. The van der Waals surface area contributed by atoms with Crippen LogP contribution >= 0.6 is 11.8 Å². The van der Waals surface area contributed by atoms with Gasteiger partial charge in [-0.1, -0.05) is 23.9 Å². The van der Waals surface area contributed by atoms with Crippen molar-refractivity contribution in [2.24, 2.45) is 7.05 Å². The van der Waals surface area contributed by atoms with E-state index in [1.54, 1.807) is 7.11 Å². The SMILES string of the molecule is CCNC(=O)CSc1nnc(-c2ccccc2OC)n1C. The predicted octanol–water partition coefficient (Wildman–Crippen LogP) is 1.72. The molecule has 0 fully saturated rings. The van der Waals surface area contributed by atoms with Gasteiger partial charge in [-0.25, -0.2) is 0 Å². The summed E-state index contributed by atoms with van der Waals surface area (Å²) in [6.45, 7) is 2.52. The van der Waals surface area contributed by atoms with Crippen molar-refractivity contribution >= 4 is 17.7 Å². The van der Waals surface area contributed by atoms with Crippen molar-refractivity contribution in [1.82, 2.24) is 20.1 Å². The minimum Gasteiger partial charge on any atom is -0.496 e. The summed E-state index contributed by atoms with van der Waals surface area (Å²) in [4.78, 5) is 11.5. The molecule has 1 heterocycles. The number of methoxy groups -OCH3 is 1. The first kappa shape index (κ1) is 15.4. The molecule has 0 unspecified atom stereocenters. The molecule has 2 rings (SSSR count). The number of ether oxygens (including phenoxy) is 1. The minimum absolute atomic E-state index is 0.00987. The first-order valence-electron chi connectivity index (χ1n) is 6.59. The highest BCUT2D eigenvalue weighted by Crippen LogP contribution is 2.29. The predicted molar refractivity (Wildman–Crippen MR) is 82.4 cm³/mol. The van der Waals surface area contributed by atoms with Crippen LogP contribution in [-0.2, 0) is 11.8 Å². The molecule has 0 radical (unpaired) electrons. The molecule has 21 heavy (non-hydrogen) atoms. The van der Waals surface area contributed by atoms with E-state index in [2.05, 4.69) is 15.5 Å². The number of hydrogen-bond acceptors (Lipinski definition) is 5. The van der Waals surface area contributed by atoms with Crippen LogP contribution in [0.1, 0.15) is 6.92 Å². The highest BCUT2D eigenvalue weighted by molar-refractivity contribution is 7.99. The summed E-state index contributed by atoms with van der Waals surface area (Å²) in [6, 6.07) is 7.64. The lowest BCUT2D eigenvalue weighted by Crippen LogP contribution is -2.24. The lowest BCUT2D eigenvalue weighted by molar-refractivity contribution is -0.118. The van der Waals surface area contributed by atoms with E-state index in [-0.39, 0.29) is 5.91 Å². The second kappa shape index (κ2) is 7.12. The number of aromatic nitrogens is 3. The van der Waals surface area contributed by atoms with Gasteiger partial charge in [0.1, 0.15) is 5.75 Å². The molecule has 0 saturated carbocycles. The molecule has 0 atom stereocenters. The number of nitrogens with zero attached hydrogens (tertiary/aromatic N) is 3. The number of rotatable bonds is 6. The Hall–Kier alpha value is -2.02. The quantitative estimate of drug-likeness (QED) is 0.823. The number of benzene rings is 1. The number of carbonyl (C=O) groups is 1. The third-order valence-electron chi connectivity index (χ3n) is 2.89. The zero-order valence-corrected chi connectivity index (χ0v) is 13.1. The van der Waals surface area contributed by atoms with E-state index in [1.807, 2.05) is 42.8 Å². The Morgan fingerprint density at radius 2 is 2.14 bits per heavy atom. The van der Waals surface area contributed by atoms with Crippen molar-refractivity contribution in [3.63, 3.8) is 0 Å². The van der Waals surface area contributed by atoms with E-state index in [0.717, 1.165) is 11.3 Å². The Kier molecular flexibility index (Phi) is 5.21. The summed E-state index contributed by atoms with van der Waals surface area (Å²) >= 11 is 1.36. The molecule has 6 nitrogen and oxygen atoms in total. The smallest absolute Gasteiger partial charge is 0.230 e. The van der Waals surface area contributed by atoms with Crippen molar-refractivity contribution in [1.29, 1.82) is 0 Å². The van der Waals surface area contributed by atoms with Gasteiger partial charge in [0, 0.05) is 13.6 Å². The van der Waals surface area contributed by atoms with Crippen molar-refractivity contribution in [2.45, 2.75) is 12.1 Å². The summed E-state index contributed by atoms with van der Waals surface area (Å²) in [6.07, 6.45) is 0. The number of amides is 1. The zero-order valence-electron chi connectivity index (χ0n) is 12.3. The Labute approximate surface area is 127 Å². The van der Waals surface area contributed by atoms with Crippen LogP contribution in [0.5, 0.6) is 5.75 Å². The van der Waals surface area contributed by atoms with Gasteiger partial charge in [0.05, 0.1) is 18.4 Å². The number of nitrogens with one attached hydrogen (secondary N) is 1. The van der Waals surface area contributed by atoms with Crippen molar-refractivity contribution < 1.29 is 9.53 Å². The monoisotopic (exact) mass is 306 g/mol. The summed E-state index contributed by atoms with van der Waals surface area (Å²) in [5, 5.41) is 11.8. The molecule has 0 spiro atoms. The standard InChI is InChI=1S/C14H18N4O2S/c1-4-15-12(19)9-21-14-17-16-13(18(14)2)10-7-5-6-8-11(10)20-3/h5-8H,4,9H2,1-3H3,(H,15,19). The summed E-state index contributed by atoms with van der Waals surface area (Å²) in [5.74, 6) is 1.77. The molecule has 0 aliphatic carbocycles. The van der Waals surface area contributed by atoms with Crippen LogP contribution in [0.15, 0.2) is 29.4 Å². The molecule has 0 aliphatic rings. The maximum Gasteiger partial charge on any atom is 0.230 e. The van der Waals surface area contributed by atoms with E-state index in [4.69, 9.17) is 4.74 Å². The molecule has 7 heteroatoms. The second-order valence-electron chi connectivity index (χ2n) is 4.31. The van der Waals surface area contributed by atoms with Crippen LogP contribution in [0.3, 0.4) is 0 Å². The Bertz CT molecular complexity index is 627. The lowest BCUT2D eigenvalue weighted by Gasteiger charge is -2.08. The fraction of sp³-hybridized carbons (Fsp3) is 0.357. The third kappa shape index (κ3) is 3.55. The molecule has 0 bridgehead atoms. The van der Waals surface area contributed by atoms with Gasteiger partial charge in [-0.05, 0) is 19.1 Å². The van der Waals surface area contributed by atoms with Gasteiger partial charge in [0.2, 0.25) is 5.91 Å². The van der Waals surface area contributed by atoms with Gasteiger partial charge in [-0.3, -0.25) is 4.79 Å². The van der Waals surface area contributed by atoms with Crippen molar-refractivity contribution in [3.8, 4) is 17.1 Å². The molecule has 0 saturated heterocycles. The summed E-state index contributed by atoms with van der Waals surface area (Å²) in [7, 11) is 3.50. The van der Waals surface area contributed by atoms with Crippen LogP contribution in [0, 0.1) is 0 Å². The molecular weight excluding hydrogens is 288 g/mol. The number of para-hydroxylation sites is 1. The van der Waals surface area contributed by atoms with E-state index >= 15 is 0 Å². The normalized spacial score (nSPS) is 10.4. The maximum atomic E-state index is 11.5. The van der Waals surface area contributed by atoms with E-state index in [0.29, 0.717) is 23.3 Å². The molecule has 0 aliphatic heterocycles. The number of carbonyl (C=O) groups excluding carboxylic acids is 1. The molecule has 1 aromatic heterocycles. The average molecular weight is 306 g/mol. The molecular formula is C14H18N4O2S. The molecule has 1 amide bonds. The van der Waals surface area contributed by atoms with Crippen LogP contribution in [-0.4, -0.2) is 40.1 Å². The third-order valence-corrected chi connectivity index (χ3v) is 3.91. The maximum absolute atomic E-state index is 11.5. The van der Waals surface area contributed by atoms with Crippen LogP contribution in [0.4, 0.5) is 0 Å². The number of thioether (sulfide) groups is 1. The first-order valence-corrected chi connectivity index (χ1v) is 7.58. The van der Waals surface area contributed by atoms with Crippen LogP contribution < -0.4 is 10.1 Å². The first-order chi connectivity index (χ1) is 10.2. The Balaban J connectivity index is 2.19. The lowest BCUT2D eigenvalue weighted by atomic mass is 10.2. The second-order valence-corrected chi connectivity index (χ2v) is 5.25. The summed E-state index contributed by atoms with van der Waals surface area (Å²) < 4.78 is 7.20. The van der Waals surface area contributed by atoms with Gasteiger partial charge < -0.3 is 14.6 Å². The van der Waals surface area contributed by atoms with Crippen LogP contribution in [0.2, 0.25) is 0 Å². The van der Waals surface area contributed by atoms with Gasteiger partial charge in [-0.15, -0.1) is 10.2 Å². The fourth-order valence-electron chi connectivity index (χ4n) is 1.88. The molecule has 1 N–H and O–H groups in total. The van der Waals surface area contributed by atoms with E-state index < -0.39 is 0 Å². The van der Waals surface area contributed by atoms with Gasteiger partial charge >= 0.3 is 0 Å². The topological polar surface area (TPSA) is 69.0 Å².